The number of thiocarbonyl (C=S) groups is 1. The molecule has 4 heteroatoms. The van der Waals surface area contributed by atoms with Crippen LogP contribution in [-0.2, 0) is 6.42 Å². The summed E-state index contributed by atoms with van der Waals surface area (Å²) in [4.78, 5) is 0. The van der Waals surface area contributed by atoms with Gasteiger partial charge in [0, 0.05) is 12.1 Å². The lowest BCUT2D eigenvalue weighted by Gasteiger charge is -2.05. The second-order valence-corrected chi connectivity index (χ2v) is 4.53. The number of nitrogens with two attached hydrogens (primary N) is 1. The van der Waals surface area contributed by atoms with Gasteiger partial charge in [0.05, 0.1) is 0 Å². The molecular formula is C13H15N3S. The fraction of sp³-hybridized carbons (Fsp3) is 0.231. The fourth-order valence-electron chi connectivity index (χ4n) is 1.99. The first-order valence-electron chi connectivity index (χ1n) is 5.52. The van der Waals surface area contributed by atoms with Crippen LogP contribution in [0.5, 0.6) is 0 Å². The molecule has 0 saturated carbocycles. The number of hydrazone groups is 1. The van der Waals surface area contributed by atoms with Crippen molar-refractivity contribution in [3.63, 3.8) is 0 Å². The van der Waals surface area contributed by atoms with Crippen LogP contribution in [0.15, 0.2) is 35.4 Å². The summed E-state index contributed by atoms with van der Waals surface area (Å²) in [6.07, 6.45) is 4.10. The van der Waals surface area contributed by atoms with Crippen LogP contribution in [0.3, 0.4) is 0 Å². The molecule has 0 atom stereocenters. The van der Waals surface area contributed by atoms with E-state index in [-0.39, 0.29) is 5.11 Å². The van der Waals surface area contributed by atoms with Gasteiger partial charge in [0.2, 0.25) is 0 Å². The van der Waals surface area contributed by atoms with E-state index in [0.717, 1.165) is 18.6 Å². The van der Waals surface area contributed by atoms with Crippen molar-refractivity contribution >= 4 is 28.6 Å². The van der Waals surface area contributed by atoms with Gasteiger partial charge in [0.15, 0.2) is 5.11 Å². The summed E-state index contributed by atoms with van der Waals surface area (Å²) in [6, 6.07) is 8.46. The van der Waals surface area contributed by atoms with Crippen molar-refractivity contribution in [2.75, 3.05) is 0 Å². The average molecular weight is 245 g/mol. The van der Waals surface area contributed by atoms with Crippen molar-refractivity contribution in [2.24, 2.45) is 10.8 Å². The zero-order valence-electron chi connectivity index (χ0n) is 9.73. The zero-order chi connectivity index (χ0) is 12.3. The van der Waals surface area contributed by atoms with Crippen LogP contribution in [-0.4, -0.2) is 10.8 Å². The summed E-state index contributed by atoms with van der Waals surface area (Å²) in [5.41, 5.74) is 13.0. The summed E-state index contributed by atoms with van der Waals surface area (Å²) in [5.74, 6) is 0. The van der Waals surface area contributed by atoms with E-state index in [1.54, 1.807) is 0 Å². The molecule has 0 amide bonds. The predicted octanol–water partition coefficient (Wildman–Crippen LogP) is 2.23. The van der Waals surface area contributed by atoms with Crippen molar-refractivity contribution in [1.29, 1.82) is 0 Å². The normalized spacial score (nSPS) is 14.2. The van der Waals surface area contributed by atoms with Crippen LogP contribution in [0.1, 0.15) is 24.5 Å². The quantitative estimate of drug-likeness (QED) is 0.488. The lowest BCUT2D eigenvalue weighted by atomic mass is 10.0. The number of benzene rings is 1. The summed E-state index contributed by atoms with van der Waals surface area (Å²) >= 11 is 4.70. The van der Waals surface area contributed by atoms with E-state index >= 15 is 0 Å². The van der Waals surface area contributed by atoms with Gasteiger partial charge in [0.1, 0.15) is 0 Å². The molecule has 0 aromatic heterocycles. The first-order chi connectivity index (χ1) is 8.16. The molecule has 0 saturated heterocycles. The van der Waals surface area contributed by atoms with Crippen molar-refractivity contribution in [3.05, 3.63) is 41.5 Å². The standard InChI is InChI=1S/C13H15N3S/c1-9(15-16-13(14)17)8-11-7-6-10-4-2-3-5-12(10)11/h2-5,7H,6,8H2,1H3,(H3,14,16,17)/b15-9+. The van der Waals surface area contributed by atoms with E-state index in [9.17, 15) is 0 Å². The minimum atomic E-state index is 0.199. The van der Waals surface area contributed by atoms with Gasteiger partial charge in [0.25, 0.3) is 0 Å². The second-order valence-electron chi connectivity index (χ2n) is 4.09. The topological polar surface area (TPSA) is 50.4 Å². The number of nitrogens with one attached hydrogen (secondary N) is 1. The van der Waals surface area contributed by atoms with Gasteiger partial charge in [-0.15, -0.1) is 0 Å². The van der Waals surface area contributed by atoms with Crippen LogP contribution in [0, 0.1) is 0 Å². The Balaban J connectivity index is 2.07. The maximum Gasteiger partial charge on any atom is 0.184 e. The Kier molecular flexibility index (Phi) is 3.54. The van der Waals surface area contributed by atoms with Crippen LogP contribution in [0.2, 0.25) is 0 Å². The largest absolute Gasteiger partial charge is 0.375 e. The second kappa shape index (κ2) is 5.10. The number of nitrogens with zero attached hydrogens (tertiary/aromatic N) is 1. The summed E-state index contributed by atoms with van der Waals surface area (Å²) in [7, 11) is 0. The van der Waals surface area contributed by atoms with Crippen LogP contribution >= 0.6 is 12.2 Å². The molecule has 3 nitrogen and oxygen atoms in total. The minimum Gasteiger partial charge on any atom is -0.375 e. The van der Waals surface area contributed by atoms with Gasteiger partial charge in [-0.05, 0) is 42.3 Å². The molecule has 0 spiro atoms. The SMILES string of the molecule is C/C(CC1=CCc2ccccc21)=N\NC(N)=S. The van der Waals surface area contributed by atoms with E-state index in [0.29, 0.717) is 0 Å². The zero-order valence-corrected chi connectivity index (χ0v) is 10.6. The molecule has 0 fully saturated rings. The summed E-state index contributed by atoms with van der Waals surface area (Å²) < 4.78 is 0. The smallest absolute Gasteiger partial charge is 0.184 e. The Bertz CT molecular complexity index is 503. The van der Waals surface area contributed by atoms with Crippen molar-refractivity contribution < 1.29 is 0 Å². The van der Waals surface area contributed by atoms with Crippen molar-refractivity contribution in [1.82, 2.24) is 5.43 Å². The highest BCUT2D eigenvalue weighted by molar-refractivity contribution is 7.80. The van der Waals surface area contributed by atoms with E-state index in [2.05, 4.69) is 40.9 Å². The summed E-state index contributed by atoms with van der Waals surface area (Å²) in [6.45, 7) is 1.97. The predicted molar refractivity (Wildman–Crippen MR) is 75.8 cm³/mol. The maximum atomic E-state index is 5.32. The molecule has 2 rings (SSSR count). The van der Waals surface area contributed by atoms with Crippen LogP contribution in [0.4, 0.5) is 0 Å². The van der Waals surface area contributed by atoms with E-state index in [1.165, 1.54) is 16.7 Å². The highest BCUT2D eigenvalue weighted by Gasteiger charge is 2.13. The fourth-order valence-corrected chi connectivity index (χ4v) is 2.03. The number of fused-ring (bicyclic) bond motifs is 1. The molecule has 1 aromatic rings. The highest BCUT2D eigenvalue weighted by Crippen LogP contribution is 2.29. The molecule has 0 heterocycles. The average Bonchev–Trinajstić information content (AvgIpc) is 2.70. The van der Waals surface area contributed by atoms with Crippen molar-refractivity contribution in [3.8, 4) is 0 Å². The van der Waals surface area contributed by atoms with E-state index < -0.39 is 0 Å². The Morgan fingerprint density at radius 1 is 1.47 bits per heavy atom. The van der Waals surface area contributed by atoms with Gasteiger partial charge >= 0.3 is 0 Å². The third kappa shape index (κ3) is 2.91. The monoisotopic (exact) mass is 245 g/mol. The van der Waals surface area contributed by atoms with E-state index in [1.807, 2.05) is 6.92 Å². The molecule has 1 aliphatic rings. The Morgan fingerprint density at radius 3 is 3.00 bits per heavy atom. The third-order valence-electron chi connectivity index (χ3n) is 2.73. The lowest BCUT2D eigenvalue weighted by molar-refractivity contribution is 1.02. The molecule has 3 N–H and O–H groups in total. The Labute approximate surface area is 106 Å². The van der Waals surface area contributed by atoms with Gasteiger partial charge in [-0.25, -0.2) is 0 Å². The molecule has 1 aliphatic carbocycles. The Hall–Kier alpha value is -1.68. The minimum absolute atomic E-state index is 0.199. The van der Waals surface area contributed by atoms with E-state index in [4.69, 9.17) is 18.0 Å². The summed E-state index contributed by atoms with van der Waals surface area (Å²) in [5, 5.41) is 4.32. The molecule has 1 aromatic carbocycles. The molecular weight excluding hydrogens is 230 g/mol. The van der Waals surface area contributed by atoms with Crippen LogP contribution < -0.4 is 11.2 Å². The van der Waals surface area contributed by atoms with Gasteiger partial charge in [-0.1, -0.05) is 30.3 Å². The van der Waals surface area contributed by atoms with Gasteiger partial charge in [-0.2, -0.15) is 5.10 Å². The van der Waals surface area contributed by atoms with Crippen molar-refractivity contribution in [2.45, 2.75) is 19.8 Å². The molecule has 0 aliphatic heterocycles. The molecule has 0 unspecified atom stereocenters. The first kappa shape index (κ1) is 11.8. The molecule has 88 valence electrons. The number of hydrogen-bond donors (Lipinski definition) is 2. The number of hydrogen-bond acceptors (Lipinski definition) is 2. The third-order valence-corrected chi connectivity index (χ3v) is 2.83. The Morgan fingerprint density at radius 2 is 2.24 bits per heavy atom. The number of rotatable bonds is 3. The molecule has 17 heavy (non-hydrogen) atoms. The van der Waals surface area contributed by atoms with Gasteiger partial charge < -0.3 is 5.73 Å². The maximum absolute atomic E-state index is 5.32. The molecule has 0 radical (unpaired) electrons. The molecule has 0 bridgehead atoms. The lowest BCUT2D eigenvalue weighted by Crippen LogP contribution is -2.25. The number of allylic oxidation sites excluding steroid dienone is 2. The highest BCUT2D eigenvalue weighted by atomic mass is 32.1. The van der Waals surface area contributed by atoms with Crippen LogP contribution in [0.25, 0.3) is 5.57 Å². The first-order valence-corrected chi connectivity index (χ1v) is 5.93. The van der Waals surface area contributed by atoms with Gasteiger partial charge in [-0.3, -0.25) is 5.43 Å².